The minimum absolute atomic E-state index is 0.135. The average molecular weight is 426 g/mol. The van der Waals surface area contributed by atoms with Gasteiger partial charge in [-0.25, -0.2) is 0 Å². The number of nitrogens with zero attached hydrogens (tertiary/aromatic N) is 1. The lowest BCUT2D eigenvalue weighted by Gasteiger charge is -2.08. The minimum atomic E-state index is -0.357. The first kappa shape index (κ1) is 20.9. The van der Waals surface area contributed by atoms with Crippen molar-refractivity contribution < 1.29 is 14.3 Å². The molecular formula is C25H22N4O3. The lowest BCUT2D eigenvalue weighted by molar-refractivity contribution is 0.0950. The molecule has 2 amide bonds. The molecule has 3 N–H and O–H groups in total. The van der Waals surface area contributed by atoms with E-state index in [1.165, 1.54) is 6.20 Å². The summed E-state index contributed by atoms with van der Waals surface area (Å²) in [4.78, 5) is 25.1. The highest BCUT2D eigenvalue weighted by atomic mass is 16.5. The lowest BCUT2D eigenvalue weighted by atomic mass is 10.1. The van der Waals surface area contributed by atoms with Gasteiger partial charge in [-0.2, -0.15) is 5.10 Å². The molecule has 7 nitrogen and oxygen atoms in total. The number of anilines is 1. The van der Waals surface area contributed by atoms with E-state index in [-0.39, 0.29) is 17.5 Å². The SMILES string of the molecule is O=C(Nc1c[nH]nc1C(=O)NCCc1ccccc1)c1ccc(Oc2ccccc2)cc1. The van der Waals surface area contributed by atoms with Crippen LogP contribution in [0.4, 0.5) is 5.69 Å². The number of hydrogen-bond acceptors (Lipinski definition) is 4. The molecule has 0 radical (unpaired) electrons. The molecule has 0 fully saturated rings. The van der Waals surface area contributed by atoms with Gasteiger partial charge in [0, 0.05) is 18.3 Å². The third-order valence-electron chi connectivity index (χ3n) is 4.74. The molecule has 160 valence electrons. The van der Waals surface area contributed by atoms with Crippen LogP contribution in [0.2, 0.25) is 0 Å². The van der Waals surface area contributed by atoms with Gasteiger partial charge in [0.1, 0.15) is 11.5 Å². The summed E-state index contributed by atoms with van der Waals surface area (Å²) in [5.74, 6) is 0.626. The third-order valence-corrected chi connectivity index (χ3v) is 4.74. The second kappa shape index (κ2) is 10.1. The zero-order chi connectivity index (χ0) is 22.2. The highest BCUT2D eigenvalue weighted by Crippen LogP contribution is 2.22. The maximum absolute atomic E-state index is 12.6. The maximum Gasteiger partial charge on any atom is 0.273 e. The van der Waals surface area contributed by atoms with Crippen LogP contribution in [0.25, 0.3) is 0 Å². The fourth-order valence-corrected chi connectivity index (χ4v) is 3.10. The van der Waals surface area contributed by atoms with Crippen molar-refractivity contribution in [2.24, 2.45) is 0 Å². The molecule has 0 aliphatic carbocycles. The summed E-state index contributed by atoms with van der Waals surface area (Å²) < 4.78 is 5.74. The normalized spacial score (nSPS) is 10.4. The van der Waals surface area contributed by atoms with Crippen molar-refractivity contribution in [2.45, 2.75) is 6.42 Å². The van der Waals surface area contributed by atoms with Gasteiger partial charge in [0.2, 0.25) is 0 Å². The van der Waals surface area contributed by atoms with Crippen LogP contribution in [0.3, 0.4) is 0 Å². The van der Waals surface area contributed by atoms with E-state index >= 15 is 0 Å². The van der Waals surface area contributed by atoms with E-state index in [2.05, 4.69) is 20.8 Å². The molecule has 32 heavy (non-hydrogen) atoms. The number of rotatable bonds is 8. The van der Waals surface area contributed by atoms with Crippen molar-refractivity contribution in [2.75, 3.05) is 11.9 Å². The van der Waals surface area contributed by atoms with Crippen LogP contribution < -0.4 is 15.4 Å². The molecule has 4 aromatic rings. The van der Waals surface area contributed by atoms with Crippen molar-refractivity contribution in [3.8, 4) is 11.5 Å². The van der Waals surface area contributed by atoms with Gasteiger partial charge < -0.3 is 15.4 Å². The Labute approximate surface area is 185 Å². The molecule has 0 aliphatic heterocycles. The fraction of sp³-hybridized carbons (Fsp3) is 0.0800. The molecule has 0 bridgehead atoms. The number of carbonyl (C=O) groups excluding carboxylic acids is 2. The van der Waals surface area contributed by atoms with Crippen LogP contribution in [0, 0.1) is 0 Å². The Morgan fingerprint density at radius 2 is 1.47 bits per heavy atom. The predicted molar refractivity (Wildman–Crippen MR) is 122 cm³/mol. The standard InChI is InChI=1S/C25H22N4O3/c30-24(19-11-13-21(14-12-19)32-20-9-5-2-6-10-20)28-22-17-27-29-23(22)25(31)26-16-15-18-7-3-1-4-8-18/h1-14,17H,15-16H2,(H,26,31)(H,27,29)(H,28,30). The van der Waals surface area contributed by atoms with Gasteiger partial charge in [-0.3, -0.25) is 14.7 Å². The van der Waals surface area contributed by atoms with Crippen LogP contribution >= 0.6 is 0 Å². The molecular weight excluding hydrogens is 404 g/mol. The van der Waals surface area contributed by atoms with Gasteiger partial charge in [-0.15, -0.1) is 0 Å². The predicted octanol–water partition coefficient (Wildman–Crippen LogP) is 4.43. The van der Waals surface area contributed by atoms with Crippen LogP contribution in [0.15, 0.2) is 91.1 Å². The number of ether oxygens (including phenoxy) is 1. The summed E-state index contributed by atoms with van der Waals surface area (Å²) in [6, 6.07) is 26.0. The summed E-state index contributed by atoms with van der Waals surface area (Å²) in [5, 5.41) is 12.2. The van der Waals surface area contributed by atoms with Gasteiger partial charge in [-0.05, 0) is 48.4 Å². The quantitative estimate of drug-likeness (QED) is 0.388. The molecule has 0 unspecified atom stereocenters. The molecule has 1 aromatic heterocycles. The maximum atomic E-state index is 12.6. The van der Waals surface area contributed by atoms with Gasteiger partial charge in [-0.1, -0.05) is 48.5 Å². The number of H-pyrrole nitrogens is 1. The number of aromatic amines is 1. The summed E-state index contributed by atoms with van der Waals surface area (Å²) in [6.45, 7) is 0.464. The van der Waals surface area contributed by atoms with Crippen LogP contribution in [0.5, 0.6) is 11.5 Å². The first-order valence-electron chi connectivity index (χ1n) is 10.2. The molecule has 0 saturated carbocycles. The number of hydrogen-bond donors (Lipinski definition) is 3. The molecule has 4 rings (SSSR count). The summed E-state index contributed by atoms with van der Waals surface area (Å²) in [6.07, 6.45) is 2.19. The van der Waals surface area contributed by atoms with E-state index in [0.29, 0.717) is 35.7 Å². The van der Waals surface area contributed by atoms with Crippen molar-refractivity contribution in [1.29, 1.82) is 0 Å². The number of para-hydroxylation sites is 1. The summed E-state index contributed by atoms with van der Waals surface area (Å²) >= 11 is 0. The summed E-state index contributed by atoms with van der Waals surface area (Å²) in [7, 11) is 0. The largest absolute Gasteiger partial charge is 0.457 e. The van der Waals surface area contributed by atoms with Gasteiger partial charge >= 0.3 is 0 Å². The Morgan fingerprint density at radius 3 is 2.19 bits per heavy atom. The number of amides is 2. The van der Waals surface area contributed by atoms with Crippen LogP contribution in [0.1, 0.15) is 26.4 Å². The summed E-state index contributed by atoms with van der Waals surface area (Å²) in [5.41, 5.74) is 2.01. The lowest BCUT2D eigenvalue weighted by Crippen LogP contribution is -2.27. The zero-order valence-electron chi connectivity index (χ0n) is 17.2. The Hall–Kier alpha value is -4.39. The molecule has 1 heterocycles. The molecule has 7 heteroatoms. The third kappa shape index (κ3) is 5.40. The number of nitrogens with one attached hydrogen (secondary N) is 3. The van der Waals surface area contributed by atoms with Crippen molar-refractivity contribution in [1.82, 2.24) is 15.5 Å². The van der Waals surface area contributed by atoms with E-state index in [0.717, 1.165) is 5.56 Å². The highest BCUT2D eigenvalue weighted by molar-refractivity contribution is 6.08. The first-order valence-corrected chi connectivity index (χ1v) is 10.2. The van der Waals surface area contributed by atoms with Crippen molar-refractivity contribution >= 4 is 17.5 Å². The molecule has 0 spiro atoms. The Morgan fingerprint density at radius 1 is 0.812 bits per heavy atom. The molecule has 0 saturated heterocycles. The molecule has 0 aliphatic rings. The second-order valence-corrected chi connectivity index (χ2v) is 7.03. The average Bonchev–Trinajstić information content (AvgIpc) is 3.29. The van der Waals surface area contributed by atoms with Gasteiger partial charge in [0.05, 0.1) is 5.69 Å². The van der Waals surface area contributed by atoms with Gasteiger partial charge in [0.15, 0.2) is 5.69 Å². The minimum Gasteiger partial charge on any atom is -0.457 e. The number of aromatic nitrogens is 2. The number of benzene rings is 3. The highest BCUT2D eigenvalue weighted by Gasteiger charge is 2.17. The smallest absolute Gasteiger partial charge is 0.273 e. The van der Waals surface area contributed by atoms with E-state index in [9.17, 15) is 9.59 Å². The number of carbonyl (C=O) groups is 2. The van der Waals surface area contributed by atoms with Crippen molar-refractivity contribution in [3.63, 3.8) is 0 Å². The van der Waals surface area contributed by atoms with Gasteiger partial charge in [0.25, 0.3) is 11.8 Å². The van der Waals surface area contributed by atoms with E-state index in [4.69, 9.17) is 4.74 Å². The fourth-order valence-electron chi connectivity index (χ4n) is 3.10. The van der Waals surface area contributed by atoms with Crippen LogP contribution in [-0.4, -0.2) is 28.6 Å². The van der Waals surface area contributed by atoms with Crippen molar-refractivity contribution in [3.05, 3.63) is 108 Å². The topological polar surface area (TPSA) is 96.1 Å². The van der Waals surface area contributed by atoms with E-state index in [1.54, 1.807) is 24.3 Å². The van der Waals surface area contributed by atoms with Crippen LogP contribution in [-0.2, 0) is 6.42 Å². The van der Waals surface area contributed by atoms with E-state index < -0.39 is 0 Å². The second-order valence-electron chi connectivity index (χ2n) is 7.03. The Balaban J connectivity index is 1.33. The zero-order valence-corrected chi connectivity index (χ0v) is 17.2. The molecule has 3 aromatic carbocycles. The monoisotopic (exact) mass is 426 g/mol. The molecule has 0 atom stereocenters. The Kier molecular flexibility index (Phi) is 6.57. The first-order chi connectivity index (χ1) is 15.7. The van der Waals surface area contributed by atoms with E-state index in [1.807, 2.05) is 60.7 Å². The Bertz CT molecular complexity index is 1170.